The number of amides is 1. The number of nitrogens with zero attached hydrogens (tertiary/aromatic N) is 1. The van der Waals surface area contributed by atoms with E-state index in [9.17, 15) is 4.79 Å². The molecule has 2 aromatic rings. The van der Waals surface area contributed by atoms with E-state index in [0.717, 1.165) is 11.5 Å². The molecule has 0 fully saturated rings. The average Bonchev–Trinajstić information content (AvgIpc) is 2.84. The van der Waals surface area contributed by atoms with Crippen molar-refractivity contribution in [1.29, 1.82) is 0 Å². The standard InChI is InChI=1S/C14H15ClN2O2S/c1-9-7-11(17-19-9)8-20-10(2)14(18)16-13-6-4-3-5-12(13)15/h3-7,10H,8H2,1-2H3,(H,16,18)/t10-/m0/s1. The Hall–Kier alpha value is -1.46. The predicted molar refractivity (Wildman–Crippen MR) is 82.1 cm³/mol. The highest BCUT2D eigenvalue weighted by Gasteiger charge is 2.15. The van der Waals surface area contributed by atoms with Gasteiger partial charge in [-0.25, -0.2) is 0 Å². The van der Waals surface area contributed by atoms with E-state index in [1.807, 2.05) is 32.0 Å². The van der Waals surface area contributed by atoms with Gasteiger partial charge in [0.15, 0.2) is 0 Å². The fraction of sp³-hybridized carbons (Fsp3) is 0.286. The molecule has 0 saturated carbocycles. The van der Waals surface area contributed by atoms with Crippen molar-refractivity contribution in [3.8, 4) is 0 Å². The molecule has 4 nitrogen and oxygen atoms in total. The molecule has 1 heterocycles. The molecule has 1 aromatic heterocycles. The first kappa shape index (κ1) is 14.9. The van der Waals surface area contributed by atoms with Crippen molar-refractivity contribution in [1.82, 2.24) is 5.16 Å². The van der Waals surface area contributed by atoms with Gasteiger partial charge in [0.1, 0.15) is 5.76 Å². The lowest BCUT2D eigenvalue weighted by Crippen LogP contribution is -2.22. The van der Waals surface area contributed by atoms with Gasteiger partial charge in [-0.2, -0.15) is 0 Å². The second kappa shape index (κ2) is 6.81. The molecule has 6 heteroatoms. The first-order chi connectivity index (χ1) is 9.56. The Kier molecular flexibility index (Phi) is 5.09. The minimum absolute atomic E-state index is 0.0803. The summed E-state index contributed by atoms with van der Waals surface area (Å²) in [7, 11) is 0. The minimum atomic E-state index is -0.205. The van der Waals surface area contributed by atoms with Gasteiger partial charge in [-0.3, -0.25) is 4.79 Å². The molecule has 1 atom stereocenters. The van der Waals surface area contributed by atoms with Gasteiger partial charge in [-0.15, -0.1) is 11.8 Å². The zero-order valence-electron chi connectivity index (χ0n) is 11.2. The molecule has 0 unspecified atom stereocenters. The number of anilines is 1. The molecule has 106 valence electrons. The van der Waals surface area contributed by atoms with Gasteiger partial charge in [-0.1, -0.05) is 28.9 Å². The number of nitrogens with one attached hydrogen (secondary N) is 1. The van der Waals surface area contributed by atoms with Gasteiger partial charge >= 0.3 is 0 Å². The SMILES string of the molecule is Cc1cc(CS[C@@H](C)C(=O)Nc2ccccc2Cl)no1. The molecule has 0 saturated heterocycles. The Labute approximate surface area is 126 Å². The van der Waals surface area contributed by atoms with E-state index in [0.29, 0.717) is 16.5 Å². The van der Waals surface area contributed by atoms with Crippen molar-refractivity contribution in [2.75, 3.05) is 5.32 Å². The predicted octanol–water partition coefficient (Wildman–Crippen LogP) is 3.90. The van der Waals surface area contributed by atoms with Crippen LogP contribution >= 0.6 is 23.4 Å². The van der Waals surface area contributed by atoms with Crippen LogP contribution in [0.25, 0.3) is 0 Å². The van der Waals surface area contributed by atoms with Crippen LogP contribution in [0.4, 0.5) is 5.69 Å². The summed E-state index contributed by atoms with van der Waals surface area (Å²) in [5.74, 6) is 1.33. The van der Waals surface area contributed by atoms with E-state index in [4.69, 9.17) is 16.1 Å². The lowest BCUT2D eigenvalue weighted by Gasteiger charge is -2.12. The minimum Gasteiger partial charge on any atom is -0.361 e. The summed E-state index contributed by atoms with van der Waals surface area (Å²) in [5, 5.41) is 7.04. The molecule has 0 aliphatic carbocycles. The number of benzene rings is 1. The third kappa shape index (κ3) is 4.02. The highest BCUT2D eigenvalue weighted by molar-refractivity contribution is 7.99. The summed E-state index contributed by atoms with van der Waals surface area (Å²) in [6.45, 7) is 3.69. The fourth-order valence-corrected chi connectivity index (χ4v) is 2.52. The van der Waals surface area contributed by atoms with Crippen molar-refractivity contribution in [3.63, 3.8) is 0 Å². The van der Waals surface area contributed by atoms with Crippen molar-refractivity contribution in [2.45, 2.75) is 24.9 Å². The number of aryl methyl sites for hydroxylation is 1. The van der Waals surface area contributed by atoms with E-state index in [1.165, 1.54) is 11.8 Å². The average molecular weight is 311 g/mol. The van der Waals surface area contributed by atoms with Crippen LogP contribution in [0.5, 0.6) is 0 Å². The van der Waals surface area contributed by atoms with Crippen LogP contribution in [0.2, 0.25) is 5.02 Å². The number of para-hydroxylation sites is 1. The van der Waals surface area contributed by atoms with Gasteiger partial charge in [0.2, 0.25) is 5.91 Å². The van der Waals surface area contributed by atoms with Crippen LogP contribution in [0.3, 0.4) is 0 Å². The number of aromatic nitrogens is 1. The maximum absolute atomic E-state index is 12.1. The fourth-order valence-electron chi connectivity index (χ4n) is 1.57. The highest BCUT2D eigenvalue weighted by atomic mass is 35.5. The second-order valence-electron chi connectivity index (χ2n) is 4.35. The third-order valence-corrected chi connectivity index (χ3v) is 4.17. The molecule has 0 aliphatic heterocycles. The van der Waals surface area contributed by atoms with Gasteiger partial charge in [0.25, 0.3) is 0 Å². The van der Waals surface area contributed by atoms with E-state index in [2.05, 4.69) is 10.5 Å². The second-order valence-corrected chi connectivity index (χ2v) is 6.09. The number of carbonyl (C=O) groups excluding carboxylic acids is 1. The van der Waals surface area contributed by atoms with Crippen molar-refractivity contribution in [2.24, 2.45) is 0 Å². The van der Waals surface area contributed by atoms with Crippen LogP contribution in [0.15, 0.2) is 34.9 Å². The zero-order chi connectivity index (χ0) is 14.5. The van der Waals surface area contributed by atoms with Crippen molar-refractivity contribution < 1.29 is 9.32 Å². The summed E-state index contributed by atoms with van der Waals surface area (Å²) in [6, 6.07) is 9.04. The monoisotopic (exact) mass is 310 g/mol. The normalized spacial score (nSPS) is 12.2. The van der Waals surface area contributed by atoms with Gasteiger partial charge in [0.05, 0.1) is 21.7 Å². The summed E-state index contributed by atoms with van der Waals surface area (Å²) in [6.07, 6.45) is 0. The first-order valence-electron chi connectivity index (χ1n) is 6.15. The molecule has 1 amide bonds. The van der Waals surface area contributed by atoms with Crippen LogP contribution < -0.4 is 5.32 Å². The molecular weight excluding hydrogens is 296 g/mol. The summed E-state index contributed by atoms with van der Waals surface area (Å²) < 4.78 is 4.99. The lowest BCUT2D eigenvalue weighted by atomic mass is 10.3. The van der Waals surface area contributed by atoms with E-state index >= 15 is 0 Å². The molecule has 1 N–H and O–H groups in total. The number of hydrogen-bond acceptors (Lipinski definition) is 4. The van der Waals surface area contributed by atoms with Crippen molar-refractivity contribution in [3.05, 3.63) is 46.8 Å². The van der Waals surface area contributed by atoms with Crippen LogP contribution in [0.1, 0.15) is 18.4 Å². The van der Waals surface area contributed by atoms with Crippen LogP contribution in [0, 0.1) is 6.92 Å². The van der Waals surface area contributed by atoms with E-state index in [-0.39, 0.29) is 11.2 Å². The van der Waals surface area contributed by atoms with E-state index < -0.39 is 0 Å². The van der Waals surface area contributed by atoms with E-state index in [1.54, 1.807) is 12.1 Å². The molecule has 0 bridgehead atoms. The Morgan fingerprint density at radius 2 is 2.25 bits per heavy atom. The molecule has 20 heavy (non-hydrogen) atoms. The molecule has 0 aliphatic rings. The quantitative estimate of drug-likeness (QED) is 0.910. The number of hydrogen-bond donors (Lipinski definition) is 1. The molecule has 2 rings (SSSR count). The Morgan fingerprint density at radius 3 is 2.90 bits per heavy atom. The summed E-state index contributed by atoms with van der Waals surface area (Å²) in [5.41, 5.74) is 1.47. The molecule has 0 spiro atoms. The third-order valence-electron chi connectivity index (χ3n) is 2.66. The van der Waals surface area contributed by atoms with Gasteiger partial charge in [-0.05, 0) is 26.0 Å². The summed E-state index contributed by atoms with van der Waals surface area (Å²) >= 11 is 7.50. The number of carbonyl (C=O) groups is 1. The summed E-state index contributed by atoms with van der Waals surface area (Å²) in [4.78, 5) is 12.1. The largest absolute Gasteiger partial charge is 0.361 e. The van der Waals surface area contributed by atoms with Crippen molar-refractivity contribution >= 4 is 35.0 Å². The van der Waals surface area contributed by atoms with Crippen LogP contribution in [-0.4, -0.2) is 16.3 Å². The zero-order valence-corrected chi connectivity index (χ0v) is 12.8. The number of rotatable bonds is 5. The smallest absolute Gasteiger partial charge is 0.237 e. The molecular formula is C14H15ClN2O2S. The molecule has 0 radical (unpaired) electrons. The Morgan fingerprint density at radius 1 is 1.50 bits per heavy atom. The van der Waals surface area contributed by atoms with Gasteiger partial charge < -0.3 is 9.84 Å². The maximum atomic E-state index is 12.1. The Bertz CT molecular complexity index is 600. The topological polar surface area (TPSA) is 55.1 Å². The lowest BCUT2D eigenvalue weighted by molar-refractivity contribution is -0.115. The van der Waals surface area contributed by atoms with Crippen LogP contribution in [-0.2, 0) is 10.5 Å². The maximum Gasteiger partial charge on any atom is 0.237 e. The number of halogens is 1. The van der Waals surface area contributed by atoms with Gasteiger partial charge in [0, 0.05) is 11.8 Å². The molecule has 1 aromatic carbocycles. The Balaban J connectivity index is 1.87. The number of thioether (sulfide) groups is 1. The highest BCUT2D eigenvalue weighted by Crippen LogP contribution is 2.23. The first-order valence-corrected chi connectivity index (χ1v) is 7.58.